The number of fused-ring (bicyclic) bond motifs is 1. The lowest BCUT2D eigenvalue weighted by Gasteiger charge is -2.21. The maximum Gasteiger partial charge on any atom is 0.322 e. The molecule has 0 fully saturated rings. The summed E-state index contributed by atoms with van der Waals surface area (Å²) in [6.07, 6.45) is 1.72. The van der Waals surface area contributed by atoms with Crippen molar-refractivity contribution in [2.75, 3.05) is 0 Å². The Morgan fingerprint density at radius 1 is 1.03 bits per heavy atom. The molecule has 2 aromatic carbocycles. The monoisotopic (exact) mass is 464 g/mol. The van der Waals surface area contributed by atoms with Gasteiger partial charge in [0.1, 0.15) is 10.3 Å². The molecule has 0 aliphatic heterocycles. The number of hydrogen-bond acceptors (Lipinski definition) is 4. The molecule has 4 rings (SSSR count). The van der Waals surface area contributed by atoms with Crippen LogP contribution >= 0.6 is 11.3 Å². The number of carboxylic acid groups (broad SMARTS) is 1. The van der Waals surface area contributed by atoms with Gasteiger partial charge in [0.15, 0.2) is 0 Å². The standard InChI is InChI=1S/C24H20N2O4S2/c1-16(20-15-25-21-10-6-5-9-19(20)21)23(24(27)28)26-32(29,30)22-14-13-18(31-22)12-11-17-7-3-2-4-8-17/h2-10,13-16,23,25-26H,1H3,(H,27,28)/t16?,23-/m1/s1. The van der Waals surface area contributed by atoms with Gasteiger partial charge in [-0.25, -0.2) is 8.42 Å². The third-order valence-electron chi connectivity index (χ3n) is 5.11. The number of thiophene rings is 1. The Bertz CT molecular complexity index is 1430. The van der Waals surface area contributed by atoms with Crippen molar-refractivity contribution in [1.82, 2.24) is 9.71 Å². The second-order valence-electron chi connectivity index (χ2n) is 7.25. The van der Waals surface area contributed by atoms with Crippen molar-refractivity contribution in [3.8, 4) is 11.8 Å². The highest BCUT2D eigenvalue weighted by molar-refractivity contribution is 7.91. The van der Waals surface area contributed by atoms with Crippen LogP contribution in [-0.2, 0) is 14.8 Å². The van der Waals surface area contributed by atoms with Crippen LogP contribution in [0.2, 0.25) is 0 Å². The smallest absolute Gasteiger partial charge is 0.322 e. The molecule has 0 saturated carbocycles. The maximum atomic E-state index is 13.0. The van der Waals surface area contributed by atoms with E-state index in [9.17, 15) is 18.3 Å². The average molecular weight is 465 g/mol. The topological polar surface area (TPSA) is 99.3 Å². The summed E-state index contributed by atoms with van der Waals surface area (Å²) in [5.74, 6) is 4.09. The predicted octanol–water partition coefficient (Wildman–Crippen LogP) is 4.16. The number of sulfonamides is 1. The fourth-order valence-electron chi connectivity index (χ4n) is 3.43. The molecule has 162 valence electrons. The quantitative estimate of drug-likeness (QED) is 0.373. The number of rotatable bonds is 6. The van der Waals surface area contributed by atoms with Gasteiger partial charge >= 0.3 is 5.97 Å². The first-order valence-electron chi connectivity index (χ1n) is 9.83. The molecule has 0 amide bonds. The predicted molar refractivity (Wildman–Crippen MR) is 125 cm³/mol. The van der Waals surface area contributed by atoms with Crippen molar-refractivity contribution in [2.45, 2.75) is 23.1 Å². The van der Waals surface area contributed by atoms with Crippen molar-refractivity contribution in [3.05, 3.63) is 88.9 Å². The minimum Gasteiger partial charge on any atom is -0.480 e. The van der Waals surface area contributed by atoms with E-state index in [0.717, 1.165) is 33.4 Å². The van der Waals surface area contributed by atoms with E-state index in [0.29, 0.717) is 4.88 Å². The molecular weight excluding hydrogens is 444 g/mol. The average Bonchev–Trinajstić information content (AvgIpc) is 3.44. The van der Waals surface area contributed by atoms with Crippen LogP contribution in [0.5, 0.6) is 0 Å². The van der Waals surface area contributed by atoms with Crippen LogP contribution in [0.1, 0.15) is 28.8 Å². The van der Waals surface area contributed by atoms with Gasteiger partial charge in [-0.05, 0) is 35.9 Å². The first kappa shape index (κ1) is 21.8. The zero-order valence-electron chi connectivity index (χ0n) is 17.1. The van der Waals surface area contributed by atoms with Gasteiger partial charge in [0.05, 0.1) is 4.88 Å². The highest BCUT2D eigenvalue weighted by atomic mass is 32.2. The number of aliphatic carboxylic acids is 1. The zero-order chi connectivity index (χ0) is 22.7. The fraction of sp³-hybridized carbons (Fsp3) is 0.125. The van der Waals surface area contributed by atoms with Gasteiger partial charge in [0.2, 0.25) is 0 Å². The van der Waals surface area contributed by atoms with Crippen LogP contribution in [0.15, 0.2) is 77.1 Å². The highest BCUT2D eigenvalue weighted by Crippen LogP contribution is 2.29. The van der Waals surface area contributed by atoms with E-state index in [1.165, 1.54) is 6.07 Å². The van der Waals surface area contributed by atoms with Crippen LogP contribution in [0.25, 0.3) is 10.9 Å². The first-order chi connectivity index (χ1) is 15.3. The third-order valence-corrected chi connectivity index (χ3v) is 8.04. The molecule has 0 aliphatic rings. The molecule has 2 atom stereocenters. The lowest BCUT2D eigenvalue weighted by atomic mass is 9.93. The molecule has 0 radical (unpaired) electrons. The van der Waals surface area contributed by atoms with Gasteiger partial charge < -0.3 is 10.1 Å². The number of carbonyl (C=O) groups is 1. The minimum absolute atomic E-state index is 0.0206. The van der Waals surface area contributed by atoms with E-state index < -0.39 is 28.0 Å². The Balaban J connectivity index is 1.58. The van der Waals surface area contributed by atoms with Gasteiger partial charge in [0.25, 0.3) is 10.0 Å². The highest BCUT2D eigenvalue weighted by Gasteiger charge is 2.33. The summed E-state index contributed by atoms with van der Waals surface area (Å²) in [4.78, 5) is 15.7. The van der Waals surface area contributed by atoms with E-state index in [1.54, 1.807) is 19.2 Å². The Hall–Kier alpha value is -3.38. The normalized spacial score (nSPS) is 13.3. The Morgan fingerprint density at radius 3 is 2.50 bits per heavy atom. The summed E-state index contributed by atoms with van der Waals surface area (Å²) < 4.78 is 28.3. The molecule has 0 saturated heterocycles. The molecule has 1 unspecified atom stereocenters. The van der Waals surface area contributed by atoms with Crippen molar-refractivity contribution < 1.29 is 18.3 Å². The van der Waals surface area contributed by atoms with Crippen LogP contribution < -0.4 is 4.72 Å². The number of H-pyrrole nitrogens is 1. The lowest BCUT2D eigenvalue weighted by Crippen LogP contribution is -2.43. The van der Waals surface area contributed by atoms with Gasteiger partial charge in [0, 0.05) is 28.6 Å². The van der Waals surface area contributed by atoms with Crippen molar-refractivity contribution in [3.63, 3.8) is 0 Å². The molecule has 32 heavy (non-hydrogen) atoms. The molecule has 3 N–H and O–H groups in total. The SMILES string of the molecule is CC(c1c[nH]c2ccccc12)[C@@H](NS(=O)(=O)c1ccc(C#Cc2ccccc2)s1)C(=O)O. The van der Waals surface area contributed by atoms with Crippen molar-refractivity contribution >= 4 is 38.2 Å². The summed E-state index contributed by atoms with van der Waals surface area (Å²) >= 11 is 1.00. The third kappa shape index (κ3) is 4.60. The Labute approximate surface area is 190 Å². The molecule has 0 spiro atoms. The number of aromatic amines is 1. The van der Waals surface area contributed by atoms with Gasteiger partial charge in [-0.3, -0.25) is 4.79 Å². The van der Waals surface area contributed by atoms with Crippen LogP contribution in [0, 0.1) is 11.8 Å². The molecule has 8 heteroatoms. The number of para-hydroxylation sites is 1. The number of carboxylic acids is 1. The number of aromatic nitrogens is 1. The van der Waals surface area contributed by atoms with Gasteiger partial charge in [-0.15, -0.1) is 11.3 Å². The summed E-state index contributed by atoms with van der Waals surface area (Å²) in [7, 11) is -4.05. The summed E-state index contributed by atoms with van der Waals surface area (Å²) in [5.41, 5.74) is 2.42. The Kier molecular flexibility index (Phi) is 6.15. The summed E-state index contributed by atoms with van der Waals surface area (Å²) in [6, 6.07) is 18.6. The summed E-state index contributed by atoms with van der Waals surface area (Å²) in [5, 5.41) is 10.6. The number of benzene rings is 2. The first-order valence-corrected chi connectivity index (χ1v) is 12.1. The molecule has 2 heterocycles. The Morgan fingerprint density at radius 2 is 1.75 bits per heavy atom. The van der Waals surface area contributed by atoms with Crippen LogP contribution in [-0.4, -0.2) is 30.5 Å². The second kappa shape index (κ2) is 9.01. The molecule has 6 nitrogen and oxygen atoms in total. The van der Waals surface area contributed by atoms with Crippen LogP contribution in [0.4, 0.5) is 0 Å². The molecule has 4 aromatic rings. The fourth-order valence-corrected chi connectivity index (χ4v) is 5.87. The van der Waals surface area contributed by atoms with E-state index in [4.69, 9.17) is 0 Å². The van der Waals surface area contributed by atoms with Crippen molar-refractivity contribution in [1.29, 1.82) is 0 Å². The van der Waals surface area contributed by atoms with Gasteiger partial charge in [-0.1, -0.05) is 55.2 Å². The van der Waals surface area contributed by atoms with Crippen LogP contribution in [0.3, 0.4) is 0 Å². The van der Waals surface area contributed by atoms with Crippen molar-refractivity contribution in [2.24, 2.45) is 0 Å². The minimum atomic E-state index is -4.05. The van der Waals surface area contributed by atoms with E-state index in [-0.39, 0.29) is 4.21 Å². The van der Waals surface area contributed by atoms with E-state index in [2.05, 4.69) is 21.5 Å². The summed E-state index contributed by atoms with van der Waals surface area (Å²) in [6.45, 7) is 1.70. The largest absolute Gasteiger partial charge is 0.480 e. The maximum absolute atomic E-state index is 13.0. The molecule has 0 aliphatic carbocycles. The second-order valence-corrected chi connectivity index (χ2v) is 10.3. The van der Waals surface area contributed by atoms with E-state index in [1.807, 2.05) is 54.6 Å². The van der Waals surface area contributed by atoms with Gasteiger partial charge in [-0.2, -0.15) is 4.72 Å². The molecular formula is C24H20N2O4S2. The lowest BCUT2D eigenvalue weighted by molar-refractivity contribution is -0.139. The molecule has 2 aromatic heterocycles. The molecule has 0 bridgehead atoms. The zero-order valence-corrected chi connectivity index (χ0v) is 18.7. The number of hydrogen-bond donors (Lipinski definition) is 3. The number of nitrogens with one attached hydrogen (secondary N) is 2. The van der Waals surface area contributed by atoms with E-state index >= 15 is 0 Å².